The first-order chi connectivity index (χ1) is 7.57. The number of nitrogens with zero attached hydrogens (tertiary/aromatic N) is 1. The minimum atomic E-state index is -0.798. The summed E-state index contributed by atoms with van der Waals surface area (Å²) in [4.78, 5) is 12.7. The number of piperidine rings is 1. The molecule has 0 saturated carbocycles. The van der Waals surface area contributed by atoms with E-state index in [-0.39, 0.29) is 12.6 Å². The second kappa shape index (κ2) is 6.09. The van der Waals surface area contributed by atoms with Gasteiger partial charge in [0.1, 0.15) is 0 Å². The molecule has 4 heteroatoms. The zero-order valence-corrected chi connectivity index (χ0v) is 10.2. The van der Waals surface area contributed by atoms with Crippen molar-refractivity contribution in [1.82, 2.24) is 4.90 Å². The fourth-order valence-electron chi connectivity index (χ4n) is 2.59. The third-order valence-electron chi connectivity index (χ3n) is 3.88. The Morgan fingerprint density at radius 3 is 2.69 bits per heavy atom. The molecule has 3 unspecified atom stereocenters. The van der Waals surface area contributed by atoms with E-state index in [1.165, 1.54) is 0 Å². The number of carbonyl (C=O) groups is 1. The first kappa shape index (κ1) is 13.3. The Hall–Kier alpha value is -0.770. The lowest BCUT2D eigenvalue weighted by Gasteiger charge is -2.39. The Morgan fingerprint density at radius 1 is 1.44 bits per heavy atom. The summed E-state index contributed by atoms with van der Waals surface area (Å²) in [6.07, 6.45) is 3.01. The van der Waals surface area contributed by atoms with Crippen LogP contribution < -0.4 is 0 Å². The van der Waals surface area contributed by atoms with Crippen LogP contribution in [-0.2, 0) is 0 Å². The highest BCUT2D eigenvalue weighted by molar-refractivity contribution is 5.65. The molecule has 1 saturated heterocycles. The third-order valence-corrected chi connectivity index (χ3v) is 3.88. The molecule has 0 aromatic heterocycles. The maximum absolute atomic E-state index is 11.1. The molecule has 0 aromatic carbocycles. The van der Waals surface area contributed by atoms with Crippen molar-refractivity contribution in [3.05, 3.63) is 0 Å². The zero-order valence-electron chi connectivity index (χ0n) is 10.2. The van der Waals surface area contributed by atoms with Crippen molar-refractivity contribution in [2.24, 2.45) is 11.8 Å². The average molecular weight is 229 g/mol. The van der Waals surface area contributed by atoms with Crippen LogP contribution in [0.1, 0.15) is 39.5 Å². The number of aliphatic hydroxyl groups is 1. The molecule has 1 fully saturated rings. The molecule has 16 heavy (non-hydrogen) atoms. The van der Waals surface area contributed by atoms with Gasteiger partial charge in [-0.1, -0.05) is 13.8 Å². The van der Waals surface area contributed by atoms with E-state index in [2.05, 4.69) is 13.8 Å². The van der Waals surface area contributed by atoms with E-state index in [1.54, 1.807) is 4.90 Å². The van der Waals surface area contributed by atoms with Crippen LogP contribution in [0.15, 0.2) is 0 Å². The predicted molar refractivity (Wildman–Crippen MR) is 62.4 cm³/mol. The van der Waals surface area contributed by atoms with Crippen LogP contribution in [0.5, 0.6) is 0 Å². The highest BCUT2D eigenvalue weighted by Crippen LogP contribution is 2.29. The van der Waals surface area contributed by atoms with Crippen LogP contribution in [0.25, 0.3) is 0 Å². The fourth-order valence-corrected chi connectivity index (χ4v) is 2.59. The van der Waals surface area contributed by atoms with E-state index in [0.717, 1.165) is 25.7 Å². The Labute approximate surface area is 97.3 Å². The van der Waals surface area contributed by atoms with Gasteiger partial charge in [0.2, 0.25) is 0 Å². The molecular formula is C12H23NO3. The van der Waals surface area contributed by atoms with Gasteiger partial charge < -0.3 is 15.1 Å². The normalized spacial score (nSPS) is 25.2. The van der Waals surface area contributed by atoms with Gasteiger partial charge in [0.05, 0.1) is 0 Å². The van der Waals surface area contributed by atoms with Gasteiger partial charge in [0.15, 0.2) is 0 Å². The summed E-state index contributed by atoms with van der Waals surface area (Å²) in [7, 11) is 0. The lowest BCUT2D eigenvalue weighted by Crippen LogP contribution is -2.47. The molecule has 3 atom stereocenters. The summed E-state index contributed by atoms with van der Waals surface area (Å²) in [6, 6.07) is 0.132. The van der Waals surface area contributed by atoms with Crippen molar-refractivity contribution in [2.75, 3.05) is 13.2 Å². The summed E-state index contributed by atoms with van der Waals surface area (Å²) in [6.45, 7) is 5.04. The van der Waals surface area contributed by atoms with Gasteiger partial charge in [-0.25, -0.2) is 4.79 Å². The molecule has 1 aliphatic rings. The summed E-state index contributed by atoms with van der Waals surface area (Å²) in [5.74, 6) is 0.693. The molecule has 0 spiro atoms. The highest BCUT2D eigenvalue weighted by atomic mass is 16.4. The second-order valence-electron chi connectivity index (χ2n) is 4.89. The second-order valence-corrected chi connectivity index (χ2v) is 4.89. The summed E-state index contributed by atoms with van der Waals surface area (Å²) < 4.78 is 0. The lowest BCUT2D eigenvalue weighted by atomic mass is 9.82. The fraction of sp³-hybridized carbons (Fsp3) is 0.917. The molecule has 0 aromatic rings. The standard InChI is InChI=1S/C12H23NO3/c1-9(6-8-14)10(2)11-5-3-4-7-13(11)12(15)16/h9-11,14H,3-8H2,1-2H3,(H,15,16). The molecule has 94 valence electrons. The van der Waals surface area contributed by atoms with E-state index in [1.807, 2.05) is 0 Å². The van der Waals surface area contributed by atoms with Crippen LogP contribution in [0.4, 0.5) is 4.79 Å². The molecule has 1 amide bonds. The molecule has 0 aliphatic carbocycles. The number of hydrogen-bond donors (Lipinski definition) is 2. The number of amides is 1. The van der Waals surface area contributed by atoms with Gasteiger partial charge in [-0.15, -0.1) is 0 Å². The number of likely N-dealkylation sites (tertiary alicyclic amines) is 1. The average Bonchev–Trinajstić information content (AvgIpc) is 2.28. The Morgan fingerprint density at radius 2 is 2.12 bits per heavy atom. The molecular weight excluding hydrogens is 206 g/mol. The minimum absolute atomic E-state index is 0.132. The van der Waals surface area contributed by atoms with Gasteiger partial charge in [-0.05, 0) is 37.5 Å². The Kier molecular flexibility index (Phi) is 5.06. The summed E-state index contributed by atoms with van der Waals surface area (Å²) >= 11 is 0. The first-order valence-corrected chi connectivity index (χ1v) is 6.18. The van der Waals surface area contributed by atoms with Gasteiger partial charge in [0.25, 0.3) is 0 Å². The van der Waals surface area contributed by atoms with Crippen molar-refractivity contribution in [3.8, 4) is 0 Å². The maximum Gasteiger partial charge on any atom is 0.407 e. The smallest absolute Gasteiger partial charge is 0.407 e. The first-order valence-electron chi connectivity index (χ1n) is 6.18. The quantitative estimate of drug-likeness (QED) is 0.776. The number of rotatable bonds is 4. The summed E-state index contributed by atoms with van der Waals surface area (Å²) in [5.41, 5.74) is 0. The molecule has 0 bridgehead atoms. The van der Waals surface area contributed by atoms with E-state index in [9.17, 15) is 4.79 Å². The van der Waals surface area contributed by atoms with E-state index < -0.39 is 6.09 Å². The monoisotopic (exact) mass is 229 g/mol. The Balaban J connectivity index is 2.63. The van der Waals surface area contributed by atoms with Crippen LogP contribution >= 0.6 is 0 Å². The van der Waals surface area contributed by atoms with Gasteiger partial charge >= 0.3 is 6.09 Å². The predicted octanol–water partition coefficient (Wildman–Crippen LogP) is 2.17. The largest absolute Gasteiger partial charge is 0.465 e. The molecule has 4 nitrogen and oxygen atoms in total. The third kappa shape index (κ3) is 3.11. The van der Waals surface area contributed by atoms with Gasteiger partial charge in [0, 0.05) is 19.2 Å². The SMILES string of the molecule is CC(CCO)C(C)C1CCCCN1C(=O)O. The zero-order chi connectivity index (χ0) is 12.1. The van der Waals surface area contributed by atoms with E-state index in [0.29, 0.717) is 18.4 Å². The molecule has 1 aliphatic heterocycles. The maximum atomic E-state index is 11.1. The van der Waals surface area contributed by atoms with Gasteiger partial charge in [-0.2, -0.15) is 0 Å². The highest BCUT2D eigenvalue weighted by Gasteiger charge is 2.32. The lowest BCUT2D eigenvalue weighted by molar-refractivity contribution is 0.0685. The molecule has 1 heterocycles. The van der Waals surface area contributed by atoms with Crippen molar-refractivity contribution >= 4 is 6.09 Å². The van der Waals surface area contributed by atoms with Crippen molar-refractivity contribution in [1.29, 1.82) is 0 Å². The van der Waals surface area contributed by atoms with Crippen molar-refractivity contribution in [2.45, 2.75) is 45.6 Å². The van der Waals surface area contributed by atoms with Crippen LogP contribution in [0.2, 0.25) is 0 Å². The van der Waals surface area contributed by atoms with Crippen LogP contribution in [-0.4, -0.2) is 40.4 Å². The molecule has 0 radical (unpaired) electrons. The van der Waals surface area contributed by atoms with E-state index >= 15 is 0 Å². The van der Waals surface area contributed by atoms with Crippen LogP contribution in [0, 0.1) is 11.8 Å². The number of aliphatic hydroxyl groups excluding tert-OH is 1. The number of hydrogen-bond acceptors (Lipinski definition) is 2. The van der Waals surface area contributed by atoms with Crippen molar-refractivity contribution < 1.29 is 15.0 Å². The topological polar surface area (TPSA) is 60.8 Å². The minimum Gasteiger partial charge on any atom is -0.465 e. The number of carboxylic acid groups (broad SMARTS) is 1. The summed E-state index contributed by atoms with van der Waals surface area (Å²) in [5, 5.41) is 18.1. The molecule has 2 N–H and O–H groups in total. The van der Waals surface area contributed by atoms with Crippen LogP contribution in [0.3, 0.4) is 0 Å². The van der Waals surface area contributed by atoms with E-state index in [4.69, 9.17) is 10.2 Å². The molecule has 1 rings (SSSR count). The van der Waals surface area contributed by atoms with Gasteiger partial charge in [-0.3, -0.25) is 0 Å². The van der Waals surface area contributed by atoms with Crippen molar-refractivity contribution in [3.63, 3.8) is 0 Å². The Bertz CT molecular complexity index is 232.